The second-order valence-corrected chi connectivity index (χ2v) is 4.72. The van der Waals surface area contributed by atoms with Crippen molar-refractivity contribution in [3.63, 3.8) is 0 Å². The van der Waals surface area contributed by atoms with E-state index in [0.717, 1.165) is 18.9 Å². The number of rotatable bonds is 3. The number of aromatic nitrogens is 1. The average Bonchev–Trinajstić information content (AvgIpc) is 2.42. The highest BCUT2D eigenvalue weighted by molar-refractivity contribution is 5.84. The molecule has 1 aliphatic carbocycles. The number of nitrogens with zero attached hydrogens (tertiary/aromatic N) is 1. The molecule has 2 rings (SSSR count). The molecule has 1 saturated carbocycles. The number of halogens is 2. The minimum absolute atomic E-state index is 0.519. The van der Waals surface area contributed by atoms with Gasteiger partial charge in [0.15, 0.2) is 0 Å². The Morgan fingerprint density at radius 2 is 2.11 bits per heavy atom. The fraction of sp³-hybridized carbons (Fsp3) is 0.538. The Kier molecular flexibility index (Phi) is 4.09. The summed E-state index contributed by atoms with van der Waals surface area (Å²) in [7, 11) is 0. The zero-order valence-electron chi connectivity index (χ0n) is 10.4. The van der Waals surface area contributed by atoms with Crippen LogP contribution in [-0.4, -0.2) is 28.1 Å². The Bertz CT molecular complexity index is 440. The van der Waals surface area contributed by atoms with Crippen LogP contribution in [0.1, 0.15) is 31.4 Å². The molecule has 2 N–H and O–H groups in total. The SMILES string of the molecule is O=C(N[C@@H]1CCCC[C@H]1O)C(F)(F)c1ccccn1. The number of carbonyl (C=O) groups excluding carboxylic acids is 1. The van der Waals surface area contributed by atoms with E-state index in [1.165, 1.54) is 18.3 Å². The van der Waals surface area contributed by atoms with Gasteiger partial charge in [0.1, 0.15) is 5.69 Å². The first-order valence-electron chi connectivity index (χ1n) is 6.30. The van der Waals surface area contributed by atoms with Crippen LogP contribution in [0.15, 0.2) is 24.4 Å². The van der Waals surface area contributed by atoms with Crippen molar-refractivity contribution in [3.8, 4) is 0 Å². The summed E-state index contributed by atoms with van der Waals surface area (Å²) < 4.78 is 27.8. The Morgan fingerprint density at radius 1 is 1.37 bits per heavy atom. The van der Waals surface area contributed by atoms with Gasteiger partial charge in [-0.25, -0.2) is 0 Å². The van der Waals surface area contributed by atoms with Crippen molar-refractivity contribution in [1.29, 1.82) is 0 Å². The lowest BCUT2D eigenvalue weighted by Crippen LogP contribution is -2.50. The zero-order chi connectivity index (χ0) is 13.9. The lowest BCUT2D eigenvalue weighted by molar-refractivity contribution is -0.149. The van der Waals surface area contributed by atoms with Gasteiger partial charge in [-0.05, 0) is 25.0 Å². The molecule has 1 aliphatic rings. The van der Waals surface area contributed by atoms with Gasteiger partial charge in [0.05, 0.1) is 12.1 Å². The van der Waals surface area contributed by atoms with E-state index in [4.69, 9.17) is 0 Å². The molecular formula is C13H16F2N2O2. The predicted octanol–water partition coefficient (Wildman–Crippen LogP) is 1.59. The normalized spacial score (nSPS) is 23.9. The quantitative estimate of drug-likeness (QED) is 0.876. The van der Waals surface area contributed by atoms with E-state index in [1.807, 2.05) is 0 Å². The molecule has 1 amide bonds. The first kappa shape index (κ1) is 13.9. The van der Waals surface area contributed by atoms with Crippen LogP contribution in [0.2, 0.25) is 0 Å². The number of nitrogens with one attached hydrogen (secondary N) is 1. The third-order valence-corrected chi connectivity index (χ3v) is 3.32. The number of alkyl halides is 2. The lowest BCUT2D eigenvalue weighted by atomic mass is 9.92. The molecule has 1 fully saturated rings. The standard InChI is InChI=1S/C13H16F2N2O2/c14-13(15,11-7-3-4-8-16-11)12(19)17-9-5-1-2-6-10(9)18/h3-4,7-10,18H,1-2,5-6H2,(H,17,19)/t9-,10-/m1/s1. The molecule has 6 heteroatoms. The van der Waals surface area contributed by atoms with Crippen molar-refractivity contribution < 1.29 is 18.7 Å². The van der Waals surface area contributed by atoms with Crippen LogP contribution in [0.3, 0.4) is 0 Å². The second-order valence-electron chi connectivity index (χ2n) is 4.72. The molecule has 4 nitrogen and oxygen atoms in total. The minimum Gasteiger partial charge on any atom is -0.391 e. The molecule has 0 radical (unpaired) electrons. The maximum atomic E-state index is 13.9. The molecular weight excluding hydrogens is 254 g/mol. The number of pyridine rings is 1. The van der Waals surface area contributed by atoms with E-state index in [1.54, 1.807) is 0 Å². The molecule has 0 spiro atoms. The van der Waals surface area contributed by atoms with E-state index >= 15 is 0 Å². The summed E-state index contributed by atoms with van der Waals surface area (Å²) in [4.78, 5) is 15.2. The Morgan fingerprint density at radius 3 is 2.74 bits per heavy atom. The van der Waals surface area contributed by atoms with Crippen LogP contribution < -0.4 is 5.32 Å². The fourth-order valence-electron chi connectivity index (χ4n) is 2.20. The number of aliphatic hydroxyl groups is 1. The molecule has 104 valence electrons. The Balaban J connectivity index is 2.06. The van der Waals surface area contributed by atoms with Crippen molar-refractivity contribution in [2.24, 2.45) is 0 Å². The van der Waals surface area contributed by atoms with Crippen molar-refractivity contribution in [3.05, 3.63) is 30.1 Å². The van der Waals surface area contributed by atoms with Crippen LogP contribution in [0.5, 0.6) is 0 Å². The summed E-state index contributed by atoms with van der Waals surface area (Å²) in [5.74, 6) is -5.09. The monoisotopic (exact) mass is 270 g/mol. The van der Waals surface area contributed by atoms with Gasteiger partial charge in [0.25, 0.3) is 5.91 Å². The van der Waals surface area contributed by atoms with Crippen molar-refractivity contribution in [2.75, 3.05) is 0 Å². The number of hydrogen-bond acceptors (Lipinski definition) is 3. The Hall–Kier alpha value is -1.56. The predicted molar refractivity (Wildman–Crippen MR) is 64.5 cm³/mol. The highest BCUT2D eigenvalue weighted by Crippen LogP contribution is 2.27. The van der Waals surface area contributed by atoms with Crippen LogP contribution >= 0.6 is 0 Å². The third kappa shape index (κ3) is 3.07. The van der Waals surface area contributed by atoms with Gasteiger partial charge >= 0.3 is 5.92 Å². The molecule has 0 aromatic carbocycles. The lowest BCUT2D eigenvalue weighted by Gasteiger charge is -2.29. The maximum Gasteiger partial charge on any atom is 0.366 e. The molecule has 2 atom stereocenters. The van der Waals surface area contributed by atoms with E-state index in [-0.39, 0.29) is 0 Å². The molecule has 0 saturated heterocycles. The number of carbonyl (C=O) groups is 1. The van der Waals surface area contributed by atoms with Crippen molar-refractivity contribution in [2.45, 2.75) is 43.8 Å². The molecule has 0 bridgehead atoms. The minimum atomic E-state index is -3.68. The van der Waals surface area contributed by atoms with E-state index in [0.29, 0.717) is 12.8 Å². The van der Waals surface area contributed by atoms with Gasteiger partial charge in [-0.15, -0.1) is 0 Å². The van der Waals surface area contributed by atoms with Crippen LogP contribution in [0.4, 0.5) is 8.78 Å². The van der Waals surface area contributed by atoms with E-state index in [9.17, 15) is 18.7 Å². The first-order chi connectivity index (χ1) is 9.01. The van der Waals surface area contributed by atoms with Gasteiger partial charge < -0.3 is 10.4 Å². The highest BCUT2D eigenvalue weighted by atomic mass is 19.3. The van der Waals surface area contributed by atoms with Crippen LogP contribution in [-0.2, 0) is 10.7 Å². The summed E-state index contributed by atoms with van der Waals surface area (Å²) in [5.41, 5.74) is -0.585. The van der Waals surface area contributed by atoms with Gasteiger partial charge in [-0.2, -0.15) is 8.78 Å². The summed E-state index contributed by atoms with van der Waals surface area (Å²) in [6, 6.07) is 3.41. The van der Waals surface area contributed by atoms with Crippen molar-refractivity contribution >= 4 is 5.91 Å². The summed E-state index contributed by atoms with van der Waals surface area (Å²) >= 11 is 0. The van der Waals surface area contributed by atoms with Gasteiger partial charge in [0, 0.05) is 6.20 Å². The van der Waals surface area contributed by atoms with Crippen LogP contribution in [0.25, 0.3) is 0 Å². The topological polar surface area (TPSA) is 62.2 Å². The van der Waals surface area contributed by atoms with E-state index < -0.39 is 29.7 Å². The molecule has 0 aliphatic heterocycles. The fourth-order valence-corrected chi connectivity index (χ4v) is 2.20. The number of amides is 1. The van der Waals surface area contributed by atoms with E-state index in [2.05, 4.69) is 10.3 Å². The van der Waals surface area contributed by atoms with Gasteiger partial charge in [-0.3, -0.25) is 9.78 Å². The summed E-state index contributed by atoms with van der Waals surface area (Å²) in [6.07, 6.45) is 3.18. The van der Waals surface area contributed by atoms with Crippen LogP contribution in [0, 0.1) is 0 Å². The summed E-state index contributed by atoms with van der Waals surface area (Å²) in [6.45, 7) is 0. The number of aliphatic hydroxyl groups excluding tert-OH is 1. The average molecular weight is 270 g/mol. The largest absolute Gasteiger partial charge is 0.391 e. The third-order valence-electron chi connectivity index (χ3n) is 3.32. The Labute approximate surface area is 109 Å². The molecule has 1 aromatic heterocycles. The smallest absolute Gasteiger partial charge is 0.366 e. The number of hydrogen-bond donors (Lipinski definition) is 2. The molecule has 0 unspecified atom stereocenters. The maximum absolute atomic E-state index is 13.9. The zero-order valence-corrected chi connectivity index (χ0v) is 10.4. The van der Waals surface area contributed by atoms with Crippen molar-refractivity contribution in [1.82, 2.24) is 10.3 Å². The second kappa shape index (κ2) is 5.61. The highest BCUT2D eigenvalue weighted by Gasteiger charge is 2.43. The summed E-state index contributed by atoms with van der Waals surface area (Å²) in [5, 5.41) is 11.9. The van der Waals surface area contributed by atoms with Gasteiger partial charge in [-0.1, -0.05) is 18.9 Å². The van der Waals surface area contributed by atoms with Gasteiger partial charge in [0.2, 0.25) is 0 Å². The molecule has 19 heavy (non-hydrogen) atoms. The molecule has 1 heterocycles. The first-order valence-corrected chi connectivity index (χ1v) is 6.30. The molecule has 1 aromatic rings.